The number of hydrogen-bond acceptors (Lipinski definition) is 5. The van der Waals surface area contributed by atoms with Gasteiger partial charge in [0.05, 0.1) is 11.1 Å². The molecule has 0 saturated carbocycles. The molecule has 8 heteroatoms. The van der Waals surface area contributed by atoms with Gasteiger partial charge < -0.3 is 0 Å². The third-order valence-electron chi connectivity index (χ3n) is 3.13. The van der Waals surface area contributed by atoms with Crippen LogP contribution < -0.4 is 10.3 Å². The molecule has 2 rings (SSSR count). The van der Waals surface area contributed by atoms with Crippen LogP contribution >= 0.6 is 0 Å². The first-order chi connectivity index (χ1) is 10.7. The van der Waals surface area contributed by atoms with Gasteiger partial charge in [-0.05, 0) is 23.1 Å². The Labute approximate surface area is 135 Å². The van der Waals surface area contributed by atoms with Gasteiger partial charge in [0.25, 0.3) is 15.9 Å². The van der Waals surface area contributed by atoms with Crippen LogP contribution in [0.2, 0.25) is 0 Å². The van der Waals surface area contributed by atoms with Crippen LogP contribution in [0.1, 0.15) is 36.8 Å². The minimum Gasteiger partial charge on any atom is -0.272 e. The molecule has 0 unspecified atom stereocenters. The van der Waals surface area contributed by atoms with Gasteiger partial charge in [0, 0.05) is 12.4 Å². The van der Waals surface area contributed by atoms with Crippen molar-refractivity contribution in [3.63, 3.8) is 0 Å². The van der Waals surface area contributed by atoms with Crippen LogP contribution in [-0.2, 0) is 15.4 Å². The van der Waals surface area contributed by atoms with Crippen molar-refractivity contribution in [3.05, 3.63) is 54.1 Å². The summed E-state index contributed by atoms with van der Waals surface area (Å²) < 4.78 is 24.3. The first-order valence-corrected chi connectivity index (χ1v) is 8.37. The number of benzene rings is 1. The van der Waals surface area contributed by atoms with Gasteiger partial charge in [-0.2, -0.15) is 0 Å². The Morgan fingerprint density at radius 1 is 1.09 bits per heavy atom. The van der Waals surface area contributed by atoms with E-state index in [0.717, 1.165) is 5.56 Å². The van der Waals surface area contributed by atoms with E-state index in [4.69, 9.17) is 0 Å². The molecular formula is C15H18N4O3S. The van der Waals surface area contributed by atoms with E-state index in [1.54, 1.807) is 12.1 Å². The third-order valence-corrected chi connectivity index (χ3v) is 4.39. The van der Waals surface area contributed by atoms with Crippen molar-refractivity contribution >= 4 is 15.9 Å². The highest BCUT2D eigenvalue weighted by Crippen LogP contribution is 2.23. The maximum atomic E-state index is 12.2. The molecule has 0 saturated heterocycles. The number of aromatic nitrogens is 2. The van der Waals surface area contributed by atoms with Crippen LogP contribution in [0, 0.1) is 0 Å². The summed E-state index contributed by atoms with van der Waals surface area (Å²) in [6, 6.07) is 6.49. The molecular weight excluding hydrogens is 316 g/mol. The zero-order chi connectivity index (χ0) is 17.1. The predicted octanol–water partition coefficient (Wildman–Crippen LogP) is 1.40. The largest absolute Gasteiger partial charge is 0.286 e. The van der Waals surface area contributed by atoms with Crippen LogP contribution in [-0.4, -0.2) is 24.3 Å². The Morgan fingerprint density at radius 2 is 1.74 bits per heavy atom. The number of sulfonamides is 1. The van der Waals surface area contributed by atoms with E-state index < -0.39 is 15.9 Å². The number of hydrazine groups is 1. The minimum atomic E-state index is -3.86. The SMILES string of the molecule is CC(C)(C)c1ccc(S(=O)(=O)NNC(=O)c2cnccn2)cc1. The number of nitrogens with one attached hydrogen (secondary N) is 2. The third kappa shape index (κ3) is 4.33. The molecule has 0 aliphatic rings. The molecule has 1 aromatic heterocycles. The van der Waals surface area contributed by atoms with Crippen LogP contribution in [0.15, 0.2) is 47.8 Å². The molecule has 1 heterocycles. The fourth-order valence-corrected chi connectivity index (χ4v) is 2.63. The number of hydrogen-bond donors (Lipinski definition) is 2. The second-order valence-corrected chi connectivity index (χ2v) is 7.61. The topological polar surface area (TPSA) is 101 Å². The maximum Gasteiger partial charge on any atom is 0.286 e. The highest BCUT2D eigenvalue weighted by Gasteiger charge is 2.18. The smallest absolute Gasteiger partial charge is 0.272 e. The van der Waals surface area contributed by atoms with Gasteiger partial charge in [0.2, 0.25) is 0 Å². The summed E-state index contributed by atoms with van der Waals surface area (Å²) in [4.78, 5) is 21.4. The van der Waals surface area contributed by atoms with Crippen LogP contribution in [0.4, 0.5) is 0 Å². The Kier molecular flexibility index (Phi) is 4.76. The van der Waals surface area contributed by atoms with Gasteiger partial charge in [-0.1, -0.05) is 32.9 Å². The normalized spacial score (nSPS) is 12.0. The quantitative estimate of drug-likeness (QED) is 0.823. The summed E-state index contributed by atoms with van der Waals surface area (Å²) >= 11 is 0. The molecule has 0 bridgehead atoms. The number of nitrogens with zero attached hydrogens (tertiary/aromatic N) is 2. The summed E-state index contributed by atoms with van der Waals surface area (Å²) in [5, 5.41) is 0. The van der Waals surface area contributed by atoms with Gasteiger partial charge in [0.1, 0.15) is 5.69 Å². The zero-order valence-electron chi connectivity index (χ0n) is 13.1. The van der Waals surface area contributed by atoms with E-state index in [-0.39, 0.29) is 16.0 Å². The number of rotatable bonds is 4. The molecule has 0 aliphatic heterocycles. The molecule has 1 aromatic carbocycles. The van der Waals surface area contributed by atoms with Gasteiger partial charge in [-0.15, -0.1) is 4.83 Å². The first-order valence-electron chi connectivity index (χ1n) is 6.89. The van der Waals surface area contributed by atoms with Crippen molar-refractivity contribution < 1.29 is 13.2 Å². The maximum absolute atomic E-state index is 12.2. The lowest BCUT2D eigenvalue weighted by Crippen LogP contribution is -2.41. The lowest BCUT2D eigenvalue weighted by molar-refractivity contribution is 0.0939. The average molecular weight is 334 g/mol. The van der Waals surface area contributed by atoms with Gasteiger partial charge in [-0.3, -0.25) is 15.2 Å². The minimum absolute atomic E-state index is 0.0123. The fourth-order valence-electron chi connectivity index (χ4n) is 1.79. The molecule has 0 aliphatic carbocycles. The molecule has 122 valence electrons. The Hall–Kier alpha value is -2.32. The monoisotopic (exact) mass is 334 g/mol. The first kappa shape index (κ1) is 17.0. The molecule has 7 nitrogen and oxygen atoms in total. The number of carbonyl (C=O) groups excluding carboxylic acids is 1. The molecule has 2 aromatic rings. The van der Waals surface area contributed by atoms with Gasteiger partial charge in [0.15, 0.2) is 0 Å². The highest BCUT2D eigenvalue weighted by molar-refractivity contribution is 7.89. The van der Waals surface area contributed by atoms with Crippen molar-refractivity contribution in [2.24, 2.45) is 0 Å². The van der Waals surface area contributed by atoms with E-state index in [1.807, 2.05) is 25.6 Å². The summed E-state index contributed by atoms with van der Waals surface area (Å²) in [5.74, 6) is -0.687. The van der Waals surface area contributed by atoms with Gasteiger partial charge in [-0.25, -0.2) is 13.4 Å². The van der Waals surface area contributed by atoms with E-state index >= 15 is 0 Å². The second kappa shape index (κ2) is 6.43. The molecule has 2 N–H and O–H groups in total. The Morgan fingerprint density at radius 3 is 2.26 bits per heavy atom. The van der Waals surface area contributed by atoms with Crippen molar-refractivity contribution in [1.82, 2.24) is 20.2 Å². The predicted molar refractivity (Wildman–Crippen MR) is 85.0 cm³/mol. The second-order valence-electron chi connectivity index (χ2n) is 5.92. The summed E-state index contributed by atoms with van der Waals surface area (Å²) in [5.41, 5.74) is 3.06. The van der Waals surface area contributed by atoms with E-state index in [1.165, 1.54) is 30.7 Å². The zero-order valence-corrected chi connectivity index (χ0v) is 13.9. The molecule has 0 radical (unpaired) electrons. The number of carbonyl (C=O) groups is 1. The molecule has 23 heavy (non-hydrogen) atoms. The molecule has 1 amide bonds. The van der Waals surface area contributed by atoms with Crippen LogP contribution in [0.5, 0.6) is 0 Å². The van der Waals surface area contributed by atoms with Crippen molar-refractivity contribution in [3.8, 4) is 0 Å². The molecule has 0 spiro atoms. The fraction of sp³-hybridized carbons (Fsp3) is 0.267. The number of amides is 1. The van der Waals surface area contributed by atoms with Gasteiger partial charge >= 0.3 is 0 Å². The Balaban J connectivity index is 2.09. The van der Waals surface area contributed by atoms with Crippen molar-refractivity contribution in [2.45, 2.75) is 31.1 Å². The molecule has 0 atom stereocenters. The standard InChI is InChI=1S/C15H18N4O3S/c1-15(2,3)11-4-6-12(7-5-11)23(21,22)19-18-14(20)13-10-16-8-9-17-13/h4-10,19H,1-3H3,(H,18,20). The lowest BCUT2D eigenvalue weighted by Gasteiger charge is -2.19. The lowest BCUT2D eigenvalue weighted by atomic mass is 9.87. The van der Waals surface area contributed by atoms with Crippen LogP contribution in [0.3, 0.4) is 0 Å². The Bertz CT molecular complexity index is 782. The van der Waals surface area contributed by atoms with E-state index in [0.29, 0.717) is 0 Å². The van der Waals surface area contributed by atoms with Crippen LogP contribution in [0.25, 0.3) is 0 Å². The van der Waals surface area contributed by atoms with Crippen molar-refractivity contribution in [2.75, 3.05) is 0 Å². The summed E-state index contributed by atoms with van der Waals surface area (Å²) in [6.07, 6.45) is 3.99. The summed E-state index contributed by atoms with van der Waals surface area (Å²) in [7, 11) is -3.86. The van der Waals surface area contributed by atoms with E-state index in [2.05, 4.69) is 15.4 Å². The molecule has 0 fully saturated rings. The van der Waals surface area contributed by atoms with Crippen molar-refractivity contribution in [1.29, 1.82) is 0 Å². The highest BCUT2D eigenvalue weighted by atomic mass is 32.2. The summed E-state index contributed by atoms with van der Waals surface area (Å²) in [6.45, 7) is 6.11. The average Bonchev–Trinajstić information content (AvgIpc) is 2.53. The van der Waals surface area contributed by atoms with E-state index in [9.17, 15) is 13.2 Å².